The van der Waals surface area contributed by atoms with Gasteiger partial charge < -0.3 is 15.0 Å². The summed E-state index contributed by atoms with van der Waals surface area (Å²) in [5, 5.41) is 5.24. The highest BCUT2D eigenvalue weighted by atomic mass is 32.1. The summed E-state index contributed by atoms with van der Waals surface area (Å²) in [6, 6.07) is 7.69. The summed E-state index contributed by atoms with van der Waals surface area (Å²) in [4.78, 5) is 34.0. The van der Waals surface area contributed by atoms with E-state index in [9.17, 15) is 9.59 Å². The number of rotatable bonds is 7. The van der Waals surface area contributed by atoms with Gasteiger partial charge >= 0.3 is 0 Å². The van der Waals surface area contributed by atoms with Crippen molar-refractivity contribution in [3.05, 3.63) is 46.5 Å². The number of benzene rings is 1. The molecule has 1 N–H and O–H groups in total. The summed E-state index contributed by atoms with van der Waals surface area (Å²) in [6.07, 6.45) is 0. The van der Waals surface area contributed by atoms with Gasteiger partial charge in [0.15, 0.2) is 5.13 Å². The molecule has 2 aromatic rings. The number of anilines is 1. The van der Waals surface area contributed by atoms with Crippen LogP contribution < -0.4 is 5.32 Å². The fourth-order valence-corrected chi connectivity index (χ4v) is 4.08. The van der Waals surface area contributed by atoms with E-state index in [1.807, 2.05) is 36.6 Å². The molecule has 2 amide bonds. The quantitative estimate of drug-likeness (QED) is 0.710. The van der Waals surface area contributed by atoms with Gasteiger partial charge in [0.05, 0.1) is 18.9 Å². The van der Waals surface area contributed by atoms with Crippen LogP contribution in [-0.4, -0.2) is 72.5 Å². The van der Waals surface area contributed by atoms with E-state index in [-0.39, 0.29) is 23.8 Å². The van der Waals surface area contributed by atoms with E-state index < -0.39 is 0 Å². The first-order valence-electron chi connectivity index (χ1n) is 10.6. The predicted molar refractivity (Wildman–Crippen MR) is 124 cm³/mol. The molecule has 0 unspecified atom stereocenters. The number of hydrogen-bond acceptors (Lipinski definition) is 6. The van der Waals surface area contributed by atoms with Crippen LogP contribution in [0, 0.1) is 6.92 Å². The minimum atomic E-state index is -0.240. The third-order valence-electron chi connectivity index (χ3n) is 5.27. The largest absolute Gasteiger partial charge is 0.379 e. The highest BCUT2D eigenvalue weighted by molar-refractivity contribution is 7.13. The Kier molecular flexibility index (Phi) is 7.80. The Morgan fingerprint density at radius 2 is 1.87 bits per heavy atom. The standard InChI is InChI=1S/C23H32N4O3S/c1-17-16-31-22(24-17)25-20(28)15-27(10-9-26-11-13-30-14-12-26)21(29)18-5-7-19(8-6-18)23(2,3)4/h5-8,16H,9-15H2,1-4H3,(H,24,25,28). The summed E-state index contributed by atoms with van der Waals surface area (Å²) in [5.74, 6) is -0.379. The van der Waals surface area contributed by atoms with Gasteiger partial charge in [-0.05, 0) is 30.0 Å². The average Bonchev–Trinajstić information content (AvgIpc) is 3.15. The summed E-state index contributed by atoms with van der Waals surface area (Å²) in [5.41, 5.74) is 2.64. The lowest BCUT2D eigenvalue weighted by atomic mass is 9.86. The molecule has 168 valence electrons. The molecule has 0 bridgehead atoms. The van der Waals surface area contributed by atoms with Crippen LogP contribution in [0.5, 0.6) is 0 Å². The first-order valence-corrected chi connectivity index (χ1v) is 11.5. The van der Waals surface area contributed by atoms with Gasteiger partial charge in [-0.25, -0.2) is 4.98 Å². The van der Waals surface area contributed by atoms with E-state index in [1.165, 1.54) is 16.9 Å². The van der Waals surface area contributed by atoms with Crippen LogP contribution in [0.1, 0.15) is 42.4 Å². The number of amides is 2. The molecule has 1 saturated heterocycles. The lowest BCUT2D eigenvalue weighted by molar-refractivity contribution is -0.117. The van der Waals surface area contributed by atoms with Crippen LogP contribution in [-0.2, 0) is 14.9 Å². The van der Waals surface area contributed by atoms with Gasteiger partial charge in [0, 0.05) is 37.1 Å². The minimum Gasteiger partial charge on any atom is -0.379 e. The summed E-state index contributed by atoms with van der Waals surface area (Å²) in [6.45, 7) is 12.6. The molecule has 0 aliphatic carbocycles. The number of carbonyl (C=O) groups is 2. The zero-order valence-electron chi connectivity index (χ0n) is 18.8. The van der Waals surface area contributed by atoms with Gasteiger partial charge in [-0.3, -0.25) is 14.5 Å². The van der Waals surface area contributed by atoms with Crippen LogP contribution in [0.2, 0.25) is 0 Å². The Morgan fingerprint density at radius 1 is 1.19 bits per heavy atom. The predicted octanol–water partition coefficient (Wildman–Crippen LogP) is 3.16. The van der Waals surface area contributed by atoms with Crippen LogP contribution in [0.4, 0.5) is 5.13 Å². The van der Waals surface area contributed by atoms with Crippen LogP contribution in [0.15, 0.2) is 29.6 Å². The fraction of sp³-hybridized carbons (Fsp3) is 0.522. The summed E-state index contributed by atoms with van der Waals surface area (Å²) >= 11 is 1.38. The molecule has 31 heavy (non-hydrogen) atoms. The highest BCUT2D eigenvalue weighted by Crippen LogP contribution is 2.22. The number of nitrogens with zero attached hydrogens (tertiary/aromatic N) is 3. The zero-order chi connectivity index (χ0) is 22.4. The Labute approximate surface area is 188 Å². The van der Waals surface area contributed by atoms with Crippen molar-refractivity contribution in [3.8, 4) is 0 Å². The third-order valence-corrected chi connectivity index (χ3v) is 6.15. The second kappa shape index (κ2) is 10.3. The molecular weight excluding hydrogens is 412 g/mol. The Balaban J connectivity index is 1.70. The second-order valence-corrected chi connectivity index (χ2v) is 9.71. The van der Waals surface area contributed by atoms with Gasteiger partial charge in [-0.15, -0.1) is 11.3 Å². The summed E-state index contributed by atoms with van der Waals surface area (Å²) < 4.78 is 5.40. The van der Waals surface area contributed by atoms with Crippen molar-refractivity contribution in [2.24, 2.45) is 0 Å². The van der Waals surface area contributed by atoms with Gasteiger partial charge in [0.25, 0.3) is 5.91 Å². The van der Waals surface area contributed by atoms with E-state index in [4.69, 9.17) is 4.74 Å². The fourth-order valence-electron chi connectivity index (χ4n) is 3.38. The number of morpholine rings is 1. The Morgan fingerprint density at radius 3 is 2.45 bits per heavy atom. The van der Waals surface area contributed by atoms with Crippen molar-refractivity contribution >= 4 is 28.3 Å². The van der Waals surface area contributed by atoms with E-state index in [0.717, 1.165) is 18.8 Å². The van der Waals surface area contributed by atoms with Crippen molar-refractivity contribution in [2.45, 2.75) is 33.1 Å². The zero-order valence-corrected chi connectivity index (χ0v) is 19.6. The second-order valence-electron chi connectivity index (χ2n) is 8.85. The number of carbonyl (C=O) groups excluding carboxylic acids is 2. The first-order chi connectivity index (χ1) is 14.7. The molecule has 1 fully saturated rings. The number of aromatic nitrogens is 1. The normalized spacial score (nSPS) is 15.0. The van der Waals surface area contributed by atoms with Crippen LogP contribution >= 0.6 is 11.3 Å². The van der Waals surface area contributed by atoms with Crippen molar-refractivity contribution in [1.29, 1.82) is 0 Å². The van der Waals surface area contributed by atoms with Gasteiger partial charge in [-0.2, -0.15) is 0 Å². The topological polar surface area (TPSA) is 74.8 Å². The highest BCUT2D eigenvalue weighted by Gasteiger charge is 2.22. The smallest absolute Gasteiger partial charge is 0.254 e. The molecule has 7 nitrogen and oxygen atoms in total. The molecule has 1 aliphatic heterocycles. The number of ether oxygens (including phenoxy) is 1. The van der Waals surface area contributed by atoms with E-state index in [2.05, 4.69) is 36.0 Å². The lowest BCUT2D eigenvalue weighted by Crippen LogP contribution is -2.45. The molecule has 3 rings (SSSR count). The first kappa shape index (κ1) is 23.4. The van der Waals surface area contributed by atoms with Gasteiger partial charge in [0.1, 0.15) is 6.54 Å². The minimum absolute atomic E-state index is 0.0111. The van der Waals surface area contributed by atoms with Crippen molar-refractivity contribution in [2.75, 3.05) is 51.3 Å². The maximum Gasteiger partial charge on any atom is 0.254 e. The molecule has 2 heterocycles. The summed E-state index contributed by atoms with van der Waals surface area (Å²) in [7, 11) is 0. The maximum atomic E-state index is 13.3. The maximum absolute atomic E-state index is 13.3. The number of thiazole rings is 1. The molecule has 0 saturated carbocycles. The van der Waals surface area contributed by atoms with Crippen molar-refractivity contribution in [1.82, 2.24) is 14.8 Å². The molecule has 0 radical (unpaired) electrons. The molecule has 0 spiro atoms. The molecule has 0 atom stereocenters. The SMILES string of the molecule is Cc1csc(NC(=O)CN(CCN2CCOCC2)C(=O)c2ccc(C(C)(C)C)cc2)n1. The average molecular weight is 445 g/mol. The lowest BCUT2D eigenvalue weighted by Gasteiger charge is -2.30. The third kappa shape index (κ3) is 6.85. The van der Waals surface area contributed by atoms with Gasteiger partial charge in [-0.1, -0.05) is 32.9 Å². The van der Waals surface area contributed by atoms with E-state index in [0.29, 0.717) is 37.0 Å². The van der Waals surface area contributed by atoms with E-state index in [1.54, 1.807) is 4.90 Å². The number of hydrogen-bond donors (Lipinski definition) is 1. The van der Waals surface area contributed by atoms with Crippen molar-refractivity contribution < 1.29 is 14.3 Å². The Bertz CT molecular complexity index is 883. The molecule has 8 heteroatoms. The molecule has 1 aromatic heterocycles. The molecule has 1 aliphatic rings. The Hall–Kier alpha value is -2.29. The number of nitrogens with one attached hydrogen (secondary N) is 1. The molecular formula is C23H32N4O3S. The van der Waals surface area contributed by atoms with Crippen LogP contribution in [0.25, 0.3) is 0 Å². The number of aryl methyl sites for hydroxylation is 1. The van der Waals surface area contributed by atoms with E-state index >= 15 is 0 Å². The monoisotopic (exact) mass is 444 g/mol. The van der Waals surface area contributed by atoms with Crippen molar-refractivity contribution in [3.63, 3.8) is 0 Å². The molecule has 1 aromatic carbocycles. The van der Waals surface area contributed by atoms with Crippen LogP contribution in [0.3, 0.4) is 0 Å². The van der Waals surface area contributed by atoms with Gasteiger partial charge in [0.2, 0.25) is 5.91 Å².